The van der Waals surface area contributed by atoms with E-state index in [0.29, 0.717) is 5.56 Å². The lowest BCUT2D eigenvalue weighted by Crippen LogP contribution is -2.57. The van der Waals surface area contributed by atoms with Crippen molar-refractivity contribution in [2.45, 2.75) is 57.6 Å². The van der Waals surface area contributed by atoms with E-state index in [2.05, 4.69) is 0 Å². The number of carbonyl (C=O) groups is 3. The van der Waals surface area contributed by atoms with Crippen LogP contribution < -0.4 is 0 Å². The maximum Gasteiger partial charge on any atom is 0.338 e. The van der Waals surface area contributed by atoms with Gasteiger partial charge in [0.1, 0.15) is 19.3 Å². The molecule has 4 unspecified atom stereocenters. The highest BCUT2D eigenvalue weighted by atomic mass is 16.8. The standard InChI is InChI=1S/C20H24O9/c1-12(21)25-11-20(27-13(2)22)15(26-18-16(20)28-19(3,4)29-18)10-24-17(23)14-8-6-5-7-9-14/h5-9,15-16,18H,10-11H2,1-4H3. The number of hydrogen-bond donors (Lipinski definition) is 0. The van der Waals surface area contributed by atoms with Crippen LogP contribution in [-0.4, -0.2) is 61.0 Å². The van der Waals surface area contributed by atoms with Crippen LogP contribution in [0.1, 0.15) is 38.1 Å². The lowest BCUT2D eigenvalue weighted by Gasteiger charge is -2.36. The Hall–Kier alpha value is -2.49. The molecule has 3 rings (SSSR count). The van der Waals surface area contributed by atoms with Gasteiger partial charge in [0, 0.05) is 13.8 Å². The summed E-state index contributed by atoms with van der Waals surface area (Å²) in [5.74, 6) is -2.77. The molecule has 2 aliphatic heterocycles. The van der Waals surface area contributed by atoms with Gasteiger partial charge in [0.25, 0.3) is 0 Å². The molecule has 2 fully saturated rings. The van der Waals surface area contributed by atoms with Crippen molar-refractivity contribution in [3.8, 4) is 0 Å². The number of benzene rings is 1. The monoisotopic (exact) mass is 408 g/mol. The molecule has 9 heteroatoms. The van der Waals surface area contributed by atoms with E-state index in [9.17, 15) is 14.4 Å². The predicted molar refractivity (Wildman–Crippen MR) is 96.6 cm³/mol. The molecule has 158 valence electrons. The highest BCUT2D eigenvalue weighted by molar-refractivity contribution is 5.89. The Labute approximate surface area is 168 Å². The fourth-order valence-corrected chi connectivity index (χ4v) is 3.42. The van der Waals surface area contributed by atoms with Crippen LogP contribution in [0.2, 0.25) is 0 Å². The van der Waals surface area contributed by atoms with Crippen molar-refractivity contribution in [2.75, 3.05) is 13.2 Å². The van der Waals surface area contributed by atoms with Crippen molar-refractivity contribution < 1.29 is 42.8 Å². The first-order chi connectivity index (χ1) is 13.6. The van der Waals surface area contributed by atoms with Gasteiger partial charge in [-0.05, 0) is 26.0 Å². The molecule has 4 atom stereocenters. The van der Waals surface area contributed by atoms with Gasteiger partial charge in [-0.1, -0.05) is 18.2 Å². The normalized spacial score (nSPS) is 29.7. The van der Waals surface area contributed by atoms with E-state index in [0.717, 1.165) is 0 Å². The van der Waals surface area contributed by atoms with E-state index in [1.165, 1.54) is 13.8 Å². The van der Waals surface area contributed by atoms with Gasteiger partial charge >= 0.3 is 17.9 Å². The number of fused-ring (bicyclic) bond motifs is 1. The highest BCUT2D eigenvalue weighted by Crippen LogP contribution is 2.45. The fourth-order valence-electron chi connectivity index (χ4n) is 3.42. The molecular weight excluding hydrogens is 384 g/mol. The zero-order chi connectivity index (χ0) is 21.2. The third-order valence-electron chi connectivity index (χ3n) is 4.59. The molecule has 29 heavy (non-hydrogen) atoms. The van der Waals surface area contributed by atoms with Gasteiger partial charge in [0.05, 0.1) is 5.56 Å². The van der Waals surface area contributed by atoms with Crippen LogP contribution in [0.15, 0.2) is 30.3 Å². The average molecular weight is 408 g/mol. The first-order valence-corrected chi connectivity index (χ1v) is 9.19. The minimum Gasteiger partial charge on any atom is -0.461 e. The summed E-state index contributed by atoms with van der Waals surface area (Å²) in [5.41, 5.74) is -1.18. The van der Waals surface area contributed by atoms with Crippen LogP contribution in [0.4, 0.5) is 0 Å². The molecule has 2 saturated heterocycles. The van der Waals surface area contributed by atoms with E-state index in [1.807, 2.05) is 0 Å². The van der Waals surface area contributed by atoms with Gasteiger partial charge in [0.15, 0.2) is 18.2 Å². The van der Waals surface area contributed by atoms with Crippen molar-refractivity contribution in [3.05, 3.63) is 35.9 Å². The third kappa shape index (κ3) is 4.58. The molecular formula is C20H24O9. The highest BCUT2D eigenvalue weighted by Gasteiger charge is 2.67. The van der Waals surface area contributed by atoms with E-state index in [4.69, 9.17) is 28.4 Å². The van der Waals surface area contributed by atoms with Crippen molar-refractivity contribution in [1.82, 2.24) is 0 Å². The number of rotatable bonds is 6. The van der Waals surface area contributed by atoms with Gasteiger partial charge in [-0.15, -0.1) is 0 Å². The first kappa shape index (κ1) is 21.2. The van der Waals surface area contributed by atoms with E-state index in [-0.39, 0.29) is 13.2 Å². The predicted octanol–water partition coefficient (Wildman–Crippen LogP) is 1.58. The van der Waals surface area contributed by atoms with Crippen LogP contribution in [0.25, 0.3) is 0 Å². The molecule has 0 aliphatic carbocycles. The maximum atomic E-state index is 12.3. The van der Waals surface area contributed by atoms with Crippen LogP contribution in [0.3, 0.4) is 0 Å². The fraction of sp³-hybridized carbons (Fsp3) is 0.550. The second kappa shape index (κ2) is 8.10. The minimum atomic E-state index is -1.53. The number of ether oxygens (including phenoxy) is 6. The Bertz CT molecular complexity index is 775. The van der Waals surface area contributed by atoms with Gasteiger partial charge in [0.2, 0.25) is 5.60 Å². The summed E-state index contributed by atoms with van der Waals surface area (Å²) in [6, 6.07) is 8.42. The lowest BCUT2D eigenvalue weighted by atomic mass is 9.93. The first-order valence-electron chi connectivity index (χ1n) is 9.19. The van der Waals surface area contributed by atoms with E-state index in [1.54, 1.807) is 44.2 Å². The molecule has 0 radical (unpaired) electrons. The zero-order valence-electron chi connectivity index (χ0n) is 16.7. The molecule has 2 aliphatic rings. The SMILES string of the molecule is CC(=O)OCC1(OC(C)=O)C(COC(=O)c2ccccc2)OC2OC(C)(C)OC21. The molecule has 0 N–H and O–H groups in total. The van der Waals surface area contributed by atoms with Crippen molar-refractivity contribution in [1.29, 1.82) is 0 Å². The zero-order valence-corrected chi connectivity index (χ0v) is 16.7. The smallest absolute Gasteiger partial charge is 0.338 e. The average Bonchev–Trinajstić information content (AvgIpc) is 3.09. The minimum absolute atomic E-state index is 0.261. The summed E-state index contributed by atoms with van der Waals surface area (Å²) in [6.45, 7) is 5.22. The maximum absolute atomic E-state index is 12.3. The summed E-state index contributed by atoms with van der Waals surface area (Å²) in [7, 11) is 0. The van der Waals surface area contributed by atoms with Crippen molar-refractivity contribution in [2.24, 2.45) is 0 Å². The molecule has 9 nitrogen and oxygen atoms in total. The van der Waals surface area contributed by atoms with Crippen LogP contribution in [0, 0.1) is 0 Å². The Kier molecular flexibility index (Phi) is 5.92. The van der Waals surface area contributed by atoms with Gasteiger partial charge in [-0.3, -0.25) is 9.59 Å². The Morgan fingerprint density at radius 1 is 1.00 bits per heavy atom. The molecule has 0 aromatic heterocycles. The summed E-state index contributed by atoms with van der Waals surface area (Å²) < 4.78 is 33.6. The number of hydrogen-bond acceptors (Lipinski definition) is 9. The Balaban J connectivity index is 1.83. The molecule has 0 bridgehead atoms. The van der Waals surface area contributed by atoms with E-state index < -0.39 is 47.8 Å². The van der Waals surface area contributed by atoms with Gasteiger partial charge in [-0.2, -0.15) is 0 Å². The quantitative estimate of drug-likeness (QED) is 0.512. The van der Waals surface area contributed by atoms with Crippen LogP contribution in [-0.2, 0) is 38.0 Å². The second-order valence-corrected chi connectivity index (χ2v) is 7.34. The molecule has 2 heterocycles. The van der Waals surface area contributed by atoms with Gasteiger partial charge in [-0.25, -0.2) is 4.79 Å². The summed E-state index contributed by atoms with van der Waals surface area (Å²) in [4.78, 5) is 35.6. The van der Waals surface area contributed by atoms with Crippen molar-refractivity contribution >= 4 is 17.9 Å². The lowest BCUT2D eigenvalue weighted by molar-refractivity contribution is -0.245. The summed E-state index contributed by atoms with van der Waals surface area (Å²) in [6.07, 6.45) is -2.73. The molecule has 0 spiro atoms. The molecule has 1 aromatic rings. The second-order valence-electron chi connectivity index (χ2n) is 7.34. The van der Waals surface area contributed by atoms with Gasteiger partial charge < -0.3 is 28.4 Å². The van der Waals surface area contributed by atoms with Crippen molar-refractivity contribution in [3.63, 3.8) is 0 Å². The largest absolute Gasteiger partial charge is 0.461 e. The van der Waals surface area contributed by atoms with Crippen LogP contribution in [0.5, 0.6) is 0 Å². The number of esters is 3. The third-order valence-corrected chi connectivity index (χ3v) is 4.59. The van der Waals surface area contributed by atoms with Crippen LogP contribution >= 0.6 is 0 Å². The summed E-state index contributed by atoms with van der Waals surface area (Å²) >= 11 is 0. The topological polar surface area (TPSA) is 107 Å². The molecule has 0 saturated carbocycles. The molecule has 0 amide bonds. The molecule has 1 aromatic carbocycles. The number of carbonyl (C=O) groups excluding carboxylic acids is 3. The summed E-state index contributed by atoms with van der Waals surface area (Å²) in [5, 5.41) is 0. The van der Waals surface area contributed by atoms with E-state index >= 15 is 0 Å². The Morgan fingerprint density at radius 3 is 2.31 bits per heavy atom. The Morgan fingerprint density at radius 2 is 1.69 bits per heavy atom.